The molecule has 0 bridgehead atoms. The SMILES string of the molecule is CN(C)C(=O)CN=C(NCC1CCOC1)N1CCN(c2cccs2)CC1. The van der Waals surface area contributed by atoms with Gasteiger partial charge in [0.15, 0.2) is 5.96 Å². The molecule has 7 nitrogen and oxygen atoms in total. The highest BCUT2D eigenvalue weighted by Gasteiger charge is 2.22. The fourth-order valence-electron chi connectivity index (χ4n) is 3.12. The van der Waals surface area contributed by atoms with E-state index in [2.05, 4.69) is 37.6 Å². The van der Waals surface area contributed by atoms with Crippen LogP contribution < -0.4 is 10.2 Å². The number of piperazine rings is 1. The van der Waals surface area contributed by atoms with Crippen LogP contribution in [0.5, 0.6) is 0 Å². The summed E-state index contributed by atoms with van der Waals surface area (Å²) in [5.41, 5.74) is 0. The fourth-order valence-corrected chi connectivity index (χ4v) is 3.91. The lowest BCUT2D eigenvalue weighted by molar-refractivity contribution is -0.127. The van der Waals surface area contributed by atoms with Crippen LogP contribution in [0.15, 0.2) is 22.5 Å². The maximum atomic E-state index is 11.9. The van der Waals surface area contributed by atoms with E-state index in [1.807, 2.05) is 0 Å². The number of carbonyl (C=O) groups excluding carboxylic acids is 1. The number of aliphatic imine (C=N–C) groups is 1. The average Bonchev–Trinajstić information content (AvgIpc) is 3.35. The Balaban J connectivity index is 1.58. The number of guanidine groups is 1. The lowest BCUT2D eigenvalue weighted by Gasteiger charge is -2.37. The highest BCUT2D eigenvalue weighted by molar-refractivity contribution is 7.14. The third-order valence-electron chi connectivity index (χ3n) is 4.83. The van der Waals surface area contributed by atoms with Crippen molar-refractivity contribution in [3.8, 4) is 0 Å². The van der Waals surface area contributed by atoms with E-state index in [1.54, 1.807) is 30.3 Å². The molecule has 2 fully saturated rings. The number of carbonyl (C=O) groups is 1. The molecule has 0 aromatic carbocycles. The Labute approximate surface area is 159 Å². The van der Waals surface area contributed by atoms with Crippen molar-refractivity contribution in [2.45, 2.75) is 6.42 Å². The van der Waals surface area contributed by atoms with Crippen LogP contribution in [0.3, 0.4) is 0 Å². The summed E-state index contributed by atoms with van der Waals surface area (Å²) in [6.45, 7) is 6.43. The van der Waals surface area contributed by atoms with Crippen LogP contribution in [0.2, 0.25) is 0 Å². The summed E-state index contributed by atoms with van der Waals surface area (Å²) < 4.78 is 5.46. The zero-order valence-electron chi connectivity index (χ0n) is 15.7. The number of anilines is 1. The lowest BCUT2D eigenvalue weighted by Crippen LogP contribution is -2.53. The van der Waals surface area contributed by atoms with Gasteiger partial charge in [-0.2, -0.15) is 0 Å². The third-order valence-corrected chi connectivity index (χ3v) is 5.76. The first-order valence-electron chi connectivity index (χ1n) is 9.23. The van der Waals surface area contributed by atoms with Crippen LogP contribution in [0, 0.1) is 5.92 Å². The molecule has 2 saturated heterocycles. The van der Waals surface area contributed by atoms with E-state index < -0.39 is 0 Å². The third kappa shape index (κ3) is 5.11. The normalized spacial score (nSPS) is 21.2. The lowest BCUT2D eigenvalue weighted by atomic mass is 10.1. The summed E-state index contributed by atoms with van der Waals surface area (Å²) in [6, 6.07) is 4.26. The van der Waals surface area contributed by atoms with Crippen LogP contribution in [-0.4, -0.2) is 88.2 Å². The Hall–Kier alpha value is -1.80. The van der Waals surface area contributed by atoms with Crippen LogP contribution in [0.4, 0.5) is 5.00 Å². The summed E-state index contributed by atoms with van der Waals surface area (Å²) in [4.78, 5) is 22.8. The molecule has 1 amide bonds. The smallest absolute Gasteiger partial charge is 0.243 e. The topological polar surface area (TPSA) is 60.4 Å². The largest absolute Gasteiger partial charge is 0.381 e. The summed E-state index contributed by atoms with van der Waals surface area (Å²) in [5, 5.41) is 6.92. The Bertz CT molecular complexity index is 591. The fraction of sp³-hybridized carbons (Fsp3) is 0.667. The van der Waals surface area contributed by atoms with E-state index in [0.717, 1.165) is 58.3 Å². The minimum absolute atomic E-state index is 0.0192. The second-order valence-corrected chi connectivity index (χ2v) is 7.89. The van der Waals surface area contributed by atoms with Gasteiger partial charge in [0.1, 0.15) is 6.54 Å². The van der Waals surface area contributed by atoms with Crippen molar-refractivity contribution in [1.29, 1.82) is 0 Å². The zero-order valence-corrected chi connectivity index (χ0v) is 16.5. The van der Waals surface area contributed by atoms with E-state index >= 15 is 0 Å². The van der Waals surface area contributed by atoms with Crippen molar-refractivity contribution >= 4 is 28.2 Å². The molecule has 0 spiro atoms. The molecular formula is C18H29N5O2S. The highest BCUT2D eigenvalue weighted by atomic mass is 32.1. The van der Waals surface area contributed by atoms with Crippen molar-refractivity contribution in [2.75, 3.05) is 71.5 Å². The van der Waals surface area contributed by atoms with E-state index in [4.69, 9.17) is 4.74 Å². The van der Waals surface area contributed by atoms with Gasteiger partial charge in [-0.1, -0.05) is 0 Å². The number of rotatable bonds is 5. The second kappa shape index (κ2) is 9.23. The molecule has 8 heteroatoms. The van der Waals surface area contributed by atoms with Crippen LogP contribution in [0.1, 0.15) is 6.42 Å². The molecule has 0 aliphatic carbocycles. The first kappa shape index (κ1) is 19.0. The van der Waals surface area contributed by atoms with Crippen molar-refractivity contribution in [3.05, 3.63) is 17.5 Å². The van der Waals surface area contributed by atoms with Gasteiger partial charge < -0.3 is 24.8 Å². The molecule has 144 valence electrons. The predicted molar refractivity (Wildman–Crippen MR) is 106 cm³/mol. The van der Waals surface area contributed by atoms with Crippen molar-refractivity contribution < 1.29 is 9.53 Å². The molecule has 0 radical (unpaired) electrons. The maximum absolute atomic E-state index is 11.9. The highest BCUT2D eigenvalue weighted by Crippen LogP contribution is 2.22. The Kier molecular flexibility index (Phi) is 6.73. The van der Waals surface area contributed by atoms with Crippen molar-refractivity contribution in [1.82, 2.24) is 15.1 Å². The second-order valence-electron chi connectivity index (χ2n) is 6.96. The van der Waals surface area contributed by atoms with E-state index in [-0.39, 0.29) is 12.5 Å². The molecule has 0 saturated carbocycles. The van der Waals surface area contributed by atoms with Gasteiger partial charge in [0.05, 0.1) is 11.6 Å². The van der Waals surface area contributed by atoms with Gasteiger partial charge in [-0.25, -0.2) is 4.99 Å². The molecule has 1 N–H and O–H groups in total. The zero-order chi connectivity index (χ0) is 18.4. The summed E-state index contributed by atoms with van der Waals surface area (Å²) in [7, 11) is 3.53. The van der Waals surface area contributed by atoms with Crippen LogP contribution in [0.25, 0.3) is 0 Å². The Morgan fingerprint density at radius 1 is 1.38 bits per heavy atom. The summed E-state index contributed by atoms with van der Waals surface area (Å²) >= 11 is 1.78. The summed E-state index contributed by atoms with van der Waals surface area (Å²) in [6.07, 6.45) is 1.09. The number of ether oxygens (including phenoxy) is 1. The first-order chi connectivity index (χ1) is 12.6. The first-order valence-corrected chi connectivity index (χ1v) is 10.1. The molecule has 2 aliphatic heterocycles. The van der Waals surface area contributed by atoms with Crippen LogP contribution in [-0.2, 0) is 9.53 Å². The van der Waals surface area contributed by atoms with Gasteiger partial charge in [-0.15, -0.1) is 11.3 Å². The van der Waals surface area contributed by atoms with E-state index in [0.29, 0.717) is 5.92 Å². The van der Waals surface area contributed by atoms with Gasteiger partial charge in [-0.05, 0) is 23.9 Å². The number of nitrogens with one attached hydrogen (secondary N) is 1. The summed E-state index contributed by atoms with van der Waals surface area (Å²) in [5.74, 6) is 1.39. The number of likely N-dealkylation sites (N-methyl/N-ethyl adjacent to an activating group) is 1. The van der Waals surface area contributed by atoms with E-state index in [9.17, 15) is 4.79 Å². The number of nitrogens with zero attached hydrogens (tertiary/aromatic N) is 4. The standard InChI is InChI=1S/C18H29N5O2S/c1-21(2)16(24)13-20-18(19-12-15-5-10-25-14-15)23-8-6-22(7-9-23)17-4-3-11-26-17/h3-4,11,15H,5-10,12-14H2,1-2H3,(H,19,20). The molecule has 26 heavy (non-hydrogen) atoms. The van der Waals surface area contributed by atoms with Crippen molar-refractivity contribution in [3.63, 3.8) is 0 Å². The quantitative estimate of drug-likeness (QED) is 0.610. The minimum atomic E-state index is 0.0192. The number of thiophene rings is 1. The molecule has 1 unspecified atom stereocenters. The van der Waals surface area contributed by atoms with E-state index in [1.165, 1.54) is 5.00 Å². The monoisotopic (exact) mass is 379 g/mol. The number of hydrogen-bond acceptors (Lipinski definition) is 5. The van der Waals surface area contributed by atoms with Gasteiger partial charge in [0, 0.05) is 59.3 Å². The van der Waals surface area contributed by atoms with Gasteiger partial charge in [0.25, 0.3) is 0 Å². The molecule has 3 rings (SSSR count). The molecule has 3 heterocycles. The molecule has 1 aromatic rings. The molecule has 2 aliphatic rings. The Morgan fingerprint density at radius 2 is 2.19 bits per heavy atom. The average molecular weight is 380 g/mol. The molecule has 1 atom stereocenters. The minimum Gasteiger partial charge on any atom is -0.381 e. The van der Waals surface area contributed by atoms with Crippen LogP contribution >= 0.6 is 11.3 Å². The van der Waals surface area contributed by atoms with Crippen molar-refractivity contribution in [2.24, 2.45) is 10.9 Å². The molecular weight excluding hydrogens is 350 g/mol. The van der Waals surface area contributed by atoms with Gasteiger partial charge >= 0.3 is 0 Å². The van der Waals surface area contributed by atoms with Gasteiger partial charge in [0.2, 0.25) is 5.91 Å². The molecule has 1 aromatic heterocycles. The number of hydrogen-bond donors (Lipinski definition) is 1. The predicted octanol–water partition coefficient (Wildman–Crippen LogP) is 0.940. The maximum Gasteiger partial charge on any atom is 0.243 e. The number of amides is 1. The Morgan fingerprint density at radius 3 is 2.81 bits per heavy atom. The van der Waals surface area contributed by atoms with Gasteiger partial charge in [-0.3, -0.25) is 4.79 Å².